The van der Waals surface area contributed by atoms with Crippen molar-refractivity contribution in [3.8, 4) is 0 Å². The number of nitrogens with one attached hydrogen (secondary N) is 1. The smallest absolute Gasteiger partial charge is 0.245 e. The molecule has 0 unspecified atom stereocenters. The van der Waals surface area contributed by atoms with Gasteiger partial charge in [-0.25, -0.2) is 4.39 Å². The monoisotopic (exact) mass is 425 g/mol. The summed E-state index contributed by atoms with van der Waals surface area (Å²) in [6.07, 6.45) is 1.60. The summed E-state index contributed by atoms with van der Waals surface area (Å²) in [4.78, 5) is 41.0. The first-order valence-electron chi connectivity index (χ1n) is 10.4. The molecular formula is C24H28FN3O3. The minimum absolute atomic E-state index is 0.0111. The maximum Gasteiger partial charge on any atom is 0.245 e. The molecule has 0 saturated heterocycles. The highest BCUT2D eigenvalue weighted by Gasteiger charge is 2.35. The fourth-order valence-corrected chi connectivity index (χ4v) is 3.82. The second kappa shape index (κ2) is 9.73. The molecule has 31 heavy (non-hydrogen) atoms. The number of hydrogen-bond donors (Lipinski definition) is 1. The van der Waals surface area contributed by atoms with Crippen LogP contribution in [0.1, 0.15) is 36.5 Å². The third kappa shape index (κ3) is 5.48. The zero-order valence-electron chi connectivity index (χ0n) is 18.2. The van der Waals surface area contributed by atoms with Crippen LogP contribution in [0.25, 0.3) is 0 Å². The minimum atomic E-state index is -0.621. The average molecular weight is 426 g/mol. The summed E-state index contributed by atoms with van der Waals surface area (Å²) in [5, 5.41) is 2.88. The molecule has 3 rings (SSSR count). The van der Waals surface area contributed by atoms with Crippen molar-refractivity contribution in [1.29, 1.82) is 0 Å². The minimum Gasteiger partial charge on any atom is -0.347 e. The van der Waals surface area contributed by atoms with E-state index in [4.69, 9.17) is 0 Å². The van der Waals surface area contributed by atoms with Gasteiger partial charge in [-0.1, -0.05) is 25.1 Å². The molecular weight excluding hydrogens is 397 g/mol. The van der Waals surface area contributed by atoms with Crippen LogP contribution in [0.5, 0.6) is 0 Å². The fraction of sp³-hybridized carbons (Fsp3) is 0.375. The summed E-state index contributed by atoms with van der Waals surface area (Å²) in [5.41, 5.74) is 3.10. The topological polar surface area (TPSA) is 69.7 Å². The molecule has 2 aromatic carbocycles. The lowest BCUT2D eigenvalue weighted by Crippen LogP contribution is -2.52. The number of halogens is 1. The molecule has 164 valence electrons. The number of fused-ring (bicyclic) bond motifs is 1. The van der Waals surface area contributed by atoms with Crippen molar-refractivity contribution in [2.24, 2.45) is 0 Å². The normalized spacial score (nSPS) is 15.2. The van der Waals surface area contributed by atoms with Gasteiger partial charge in [0.2, 0.25) is 17.7 Å². The van der Waals surface area contributed by atoms with Crippen molar-refractivity contribution >= 4 is 23.4 Å². The van der Waals surface area contributed by atoms with E-state index < -0.39 is 11.9 Å². The van der Waals surface area contributed by atoms with E-state index >= 15 is 0 Å². The number of anilines is 1. The Hall–Kier alpha value is -3.22. The van der Waals surface area contributed by atoms with E-state index in [-0.39, 0.29) is 30.7 Å². The second-order valence-electron chi connectivity index (χ2n) is 8.06. The first kappa shape index (κ1) is 22.5. The Bertz CT molecular complexity index is 990. The molecule has 1 atom stereocenters. The Kier molecular flexibility index (Phi) is 7.05. The Balaban J connectivity index is 1.87. The van der Waals surface area contributed by atoms with E-state index in [0.29, 0.717) is 24.1 Å². The van der Waals surface area contributed by atoms with Crippen molar-refractivity contribution in [3.63, 3.8) is 0 Å². The SMILES string of the molecule is CCCC(=O)Nc1ccc2c(c1)CN(C(=O)Cc1cccc(F)c1)[C@H](C(=O)N(C)C)C2. The highest BCUT2D eigenvalue weighted by atomic mass is 19.1. The Morgan fingerprint density at radius 2 is 1.90 bits per heavy atom. The molecule has 0 saturated carbocycles. The van der Waals surface area contributed by atoms with E-state index in [1.54, 1.807) is 31.1 Å². The predicted octanol–water partition coefficient (Wildman–Crippen LogP) is 3.15. The summed E-state index contributed by atoms with van der Waals surface area (Å²) < 4.78 is 13.6. The molecule has 0 aromatic heterocycles. The molecule has 0 fully saturated rings. The molecule has 3 amide bonds. The van der Waals surface area contributed by atoms with E-state index in [1.165, 1.54) is 17.0 Å². The molecule has 1 N–H and O–H groups in total. The zero-order chi connectivity index (χ0) is 22.5. The molecule has 1 aliphatic rings. The quantitative estimate of drug-likeness (QED) is 0.773. The Labute approximate surface area is 182 Å². The van der Waals surface area contributed by atoms with Gasteiger partial charge in [-0.3, -0.25) is 14.4 Å². The molecule has 7 heteroatoms. The molecule has 0 aliphatic carbocycles. The van der Waals surface area contributed by atoms with Gasteiger partial charge in [0, 0.05) is 39.2 Å². The van der Waals surface area contributed by atoms with Gasteiger partial charge in [0.25, 0.3) is 0 Å². The standard InChI is InChI=1S/C24H28FN3O3/c1-4-6-22(29)26-20-10-9-17-14-21(24(31)27(2)3)28(15-18(17)13-20)23(30)12-16-7-5-8-19(25)11-16/h5,7-11,13,21H,4,6,12,14-15H2,1-3H3,(H,26,29)/t21-/m0/s1. The predicted molar refractivity (Wildman–Crippen MR) is 117 cm³/mol. The van der Waals surface area contributed by atoms with E-state index in [1.807, 2.05) is 25.1 Å². The van der Waals surface area contributed by atoms with Gasteiger partial charge in [0.15, 0.2) is 0 Å². The lowest BCUT2D eigenvalue weighted by atomic mass is 9.92. The van der Waals surface area contributed by atoms with Crippen LogP contribution in [0.15, 0.2) is 42.5 Å². The van der Waals surface area contributed by atoms with Crippen LogP contribution in [-0.2, 0) is 33.8 Å². The third-order valence-electron chi connectivity index (χ3n) is 5.39. The van der Waals surface area contributed by atoms with Crippen molar-refractivity contribution in [1.82, 2.24) is 9.80 Å². The number of likely N-dealkylation sites (N-methyl/N-ethyl adjacent to an activating group) is 1. The van der Waals surface area contributed by atoms with Crippen molar-refractivity contribution < 1.29 is 18.8 Å². The van der Waals surface area contributed by atoms with Crippen LogP contribution in [0.4, 0.5) is 10.1 Å². The average Bonchev–Trinajstić information content (AvgIpc) is 2.72. The van der Waals surface area contributed by atoms with Gasteiger partial charge in [-0.15, -0.1) is 0 Å². The van der Waals surface area contributed by atoms with Gasteiger partial charge in [-0.05, 0) is 47.4 Å². The maximum absolute atomic E-state index is 13.6. The molecule has 6 nitrogen and oxygen atoms in total. The molecule has 2 aromatic rings. The Morgan fingerprint density at radius 1 is 1.13 bits per heavy atom. The molecule has 0 spiro atoms. The number of carbonyl (C=O) groups excluding carboxylic acids is 3. The van der Waals surface area contributed by atoms with Crippen LogP contribution in [0.2, 0.25) is 0 Å². The number of carbonyl (C=O) groups is 3. The summed E-state index contributed by atoms with van der Waals surface area (Å²) in [5.74, 6) is -0.851. The van der Waals surface area contributed by atoms with Gasteiger partial charge in [0.1, 0.15) is 11.9 Å². The third-order valence-corrected chi connectivity index (χ3v) is 5.39. The first-order chi connectivity index (χ1) is 14.8. The number of nitrogens with zero attached hydrogens (tertiary/aromatic N) is 2. The fourth-order valence-electron chi connectivity index (χ4n) is 3.82. The lowest BCUT2D eigenvalue weighted by molar-refractivity contribution is -0.145. The summed E-state index contributed by atoms with van der Waals surface area (Å²) >= 11 is 0. The van der Waals surface area contributed by atoms with Gasteiger partial charge in [-0.2, -0.15) is 0 Å². The van der Waals surface area contributed by atoms with Crippen molar-refractivity contribution in [2.75, 3.05) is 19.4 Å². The second-order valence-corrected chi connectivity index (χ2v) is 8.06. The first-order valence-corrected chi connectivity index (χ1v) is 10.4. The number of rotatable bonds is 6. The van der Waals surface area contributed by atoms with Crippen LogP contribution >= 0.6 is 0 Å². The number of hydrogen-bond acceptors (Lipinski definition) is 3. The van der Waals surface area contributed by atoms with Crippen molar-refractivity contribution in [2.45, 2.75) is 45.2 Å². The van der Waals surface area contributed by atoms with Crippen LogP contribution in [0.3, 0.4) is 0 Å². The van der Waals surface area contributed by atoms with Gasteiger partial charge in [0.05, 0.1) is 6.42 Å². The summed E-state index contributed by atoms with van der Waals surface area (Å²) in [6, 6.07) is 10.9. The van der Waals surface area contributed by atoms with Crippen LogP contribution < -0.4 is 5.32 Å². The molecule has 0 bridgehead atoms. The number of amides is 3. The lowest BCUT2D eigenvalue weighted by Gasteiger charge is -2.37. The Morgan fingerprint density at radius 3 is 2.58 bits per heavy atom. The van der Waals surface area contributed by atoms with Crippen LogP contribution in [-0.4, -0.2) is 47.7 Å². The zero-order valence-corrected chi connectivity index (χ0v) is 18.2. The van der Waals surface area contributed by atoms with Gasteiger partial charge >= 0.3 is 0 Å². The number of benzene rings is 2. The van der Waals surface area contributed by atoms with Crippen molar-refractivity contribution in [3.05, 3.63) is 65.0 Å². The van der Waals surface area contributed by atoms with E-state index in [9.17, 15) is 18.8 Å². The highest BCUT2D eigenvalue weighted by molar-refractivity contribution is 5.91. The van der Waals surface area contributed by atoms with E-state index in [0.717, 1.165) is 17.5 Å². The van der Waals surface area contributed by atoms with Crippen LogP contribution in [0, 0.1) is 5.82 Å². The molecule has 1 heterocycles. The largest absolute Gasteiger partial charge is 0.347 e. The van der Waals surface area contributed by atoms with E-state index in [2.05, 4.69) is 5.32 Å². The highest BCUT2D eigenvalue weighted by Crippen LogP contribution is 2.28. The summed E-state index contributed by atoms with van der Waals surface area (Å²) in [6.45, 7) is 2.20. The molecule has 1 aliphatic heterocycles. The summed E-state index contributed by atoms with van der Waals surface area (Å²) in [7, 11) is 3.33. The molecule has 0 radical (unpaired) electrons. The maximum atomic E-state index is 13.6. The van der Waals surface area contributed by atoms with Gasteiger partial charge < -0.3 is 15.1 Å².